The van der Waals surface area contributed by atoms with Crippen molar-refractivity contribution in [2.45, 2.75) is 45.6 Å². The maximum Gasteiger partial charge on any atom is 0.217 e. The van der Waals surface area contributed by atoms with Crippen LogP contribution in [0.1, 0.15) is 42.8 Å². The van der Waals surface area contributed by atoms with E-state index in [1.807, 2.05) is 7.05 Å². The molecular weight excluding hydrogens is 499 g/mol. The van der Waals surface area contributed by atoms with E-state index in [0.29, 0.717) is 18.3 Å². The first kappa shape index (κ1) is 24.3. The normalized spacial score (nSPS) is 21.7. The number of guanidine groups is 1. The van der Waals surface area contributed by atoms with E-state index in [2.05, 4.69) is 37.4 Å². The van der Waals surface area contributed by atoms with Crippen molar-refractivity contribution in [3.63, 3.8) is 0 Å². The number of aliphatic imine (C=N–C) groups is 1. The van der Waals surface area contributed by atoms with Crippen molar-refractivity contribution in [2.24, 2.45) is 22.6 Å². The molecule has 2 fully saturated rings. The van der Waals surface area contributed by atoms with Gasteiger partial charge in [0.25, 0.3) is 0 Å². The van der Waals surface area contributed by atoms with Gasteiger partial charge >= 0.3 is 0 Å². The van der Waals surface area contributed by atoms with Crippen LogP contribution in [0.15, 0.2) is 10.4 Å². The van der Waals surface area contributed by atoms with Crippen molar-refractivity contribution >= 4 is 47.2 Å². The number of primary amides is 1. The lowest BCUT2D eigenvalue weighted by atomic mass is 9.94. The number of halogens is 1. The van der Waals surface area contributed by atoms with Crippen LogP contribution in [0, 0.1) is 18.8 Å². The van der Waals surface area contributed by atoms with Gasteiger partial charge in [0.05, 0.1) is 10.7 Å². The molecule has 1 atom stereocenters. The first-order chi connectivity index (χ1) is 13.5. The summed E-state index contributed by atoms with van der Waals surface area (Å²) in [4.78, 5) is 25.1. The highest BCUT2D eigenvalue weighted by atomic mass is 127. The van der Waals surface area contributed by atoms with Crippen molar-refractivity contribution in [3.05, 3.63) is 16.1 Å². The third-order valence-electron chi connectivity index (χ3n) is 5.83. The lowest BCUT2D eigenvalue weighted by Gasteiger charge is -2.36. The zero-order valence-electron chi connectivity index (χ0n) is 17.6. The summed E-state index contributed by atoms with van der Waals surface area (Å²) in [5, 5.41) is 6.91. The van der Waals surface area contributed by atoms with Crippen LogP contribution in [0.5, 0.6) is 0 Å². The topological polar surface area (TPSA) is 86.8 Å². The SMILES string of the molecule is CN=C(NCC1CCN(Cc2csc(C)n2)CC1)N1CCCC(CC(N)=O)C1.I. The van der Waals surface area contributed by atoms with Gasteiger partial charge < -0.3 is 16.0 Å². The summed E-state index contributed by atoms with van der Waals surface area (Å²) in [5.41, 5.74) is 6.59. The third kappa shape index (κ3) is 7.67. The Labute approximate surface area is 195 Å². The van der Waals surface area contributed by atoms with Crippen molar-refractivity contribution in [2.75, 3.05) is 39.8 Å². The Kier molecular flexibility index (Phi) is 10.1. The Morgan fingerprint density at radius 1 is 1.31 bits per heavy atom. The van der Waals surface area contributed by atoms with Gasteiger partial charge in [-0.15, -0.1) is 35.3 Å². The molecular formula is C20H35IN6OS. The smallest absolute Gasteiger partial charge is 0.217 e. The molecule has 0 radical (unpaired) electrons. The molecule has 9 heteroatoms. The molecule has 1 amide bonds. The molecule has 0 aliphatic carbocycles. The summed E-state index contributed by atoms with van der Waals surface area (Å²) < 4.78 is 0. The fourth-order valence-corrected chi connectivity index (χ4v) is 4.94. The maximum absolute atomic E-state index is 11.2. The predicted octanol–water partition coefficient (Wildman–Crippen LogP) is 2.44. The highest BCUT2D eigenvalue weighted by Crippen LogP contribution is 2.21. The molecule has 3 N–H and O–H groups in total. The van der Waals surface area contributed by atoms with E-state index in [4.69, 9.17) is 5.73 Å². The lowest BCUT2D eigenvalue weighted by Crippen LogP contribution is -2.48. The largest absolute Gasteiger partial charge is 0.370 e. The molecule has 1 aromatic rings. The quantitative estimate of drug-likeness (QED) is 0.333. The monoisotopic (exact) mass is 534 g/mol. The van der Waals surface area contributed by atoms with Crippen LogP contribution < -0.4 is 11.1 Å². The Morgan fingerprint density at radius 2 is 2.07 bits per heavy atom. The van der Waals surface area contributed by atoms with E-state index in [-0.39, 0.29) is 29.9 Å². The van der Waals surface area contributed by atoms with Crippen LogP contribution in [0.3, 0.4) is 0 Å². The Bertz CT molecular complexity index is 674. The van der Waals surface area contributed by atoms with E-state index < -0.39 is 0 Å². The number of carbonyl (C=O) groups is 1. The molecule has 29 heavy (non-hydrogen) atoms. The molecule has 1 unspecified atom stereocenters. The second-order valence-corrected chi connectivity index (χ2v) is 9.19. The van der Waals surface area contributed by atoms with Gasteiger partial charge in [0.1, 0.15) is 0 Å². The lowest BCUT2D eigenvalue weighted by molar-refractivity contribution is -0.119. The molecule has 0 spiro atoms. The average Bonchev–Trinajstić information content (AvgIpc) is 3.08. The van der Waals surface area contributed by atoms with Crippen LogP contribution in [-0.4, -0.2) is 66.4 Å². The van der Waals surface area contributed by atoms with E-state index in [0.717, 1.165) is 63.1 Å². The minimum Gasteiger partial charge on any atom is -0.370 e. The number of aromatic nitrogens is 1. The highest BCUT2D eigenvalue weighted by Gasteiger charge is 2.25. The Balaban J connectivity index is 0.00000300. The van der Waals surface area contributed by atoms with Gasteiger partial charge in [-0.25, -0.2) is 4.98 Å². The number of nitrogens with one attached hydrogen (secondary N) is 1. The van der Waals surface area contributed by atoms with Crippen molar-refractivity contribution in [1.82, 2.24) is 20.1 Å². The third-order valence-corrected chi connectivity index (χ3v) is 6.65. The van der Waals surface area contributed by atoms with E-state index in [1.54, 1.807) is 11.3 Å². The van der Waals surface area contributed by atoms with Crippen LogP contribution >= 0.6 is 35.3 Å². The second kappa shape index (κ2) is 12.0. The van der Waals surface area contributed by atoms with E-state index in [9.17, 15) is 4.79 Å². The average molecular weight is 535 g/mol. The number of thiazole rings is 1. The first-order valence-corrected chi connectivity index (χ1v) is 11.3. The van der Waals surface area contributed by atoms with Crippen molar-refractivity contribution in [3.8, 4) is 0 Å². The molecule has 2 aliphatic heterocycles. The van der Waals surface area contributed by atoms with Gasteiger partial charge in [-0.2, -0.15) is 0 Å². The molecule has 0 aromatic carbocycles. The van der Waals surface area contributed by atoms with Gasteiger partial charge in [-0.3, -0.25) is 14.7 Å². The molecule has 164 valence electrons. The maximum atomic E-state index is 11.2. The summed E-state index contributed by atoms with van der Waals surface area (Å²) in [6.45, 7) is 8.14. The fourth-order valence-electron chi connectivity index (χ4n) is 4.34. The molecule has 2 aliphatic rings. The van der Waals surface area contributed by atoms with E-state index >= 15 is 0 Å². The number of rotatable bonds is 6. The van der Waals surface area contributed by atoms with Gasteiger partial charge in [0.15, 0.2) is 5.96 Å². The fraction of sp³-hybridized carbons (Fsp3) is 0.750. The van der Waals surface area contributed by atoms with Crippen LogP contribution in [0.4, 0.5) is 0 Å². The number of nitrogens with two attached hydrogens (primary N) is 1. The van der Waals surface area contributed by atoms with Crippen molar-refractivity contribution in [1.29, 1.82) is 0 Å². The van der Waals surface area contributed by atoms with Crippen LogP contribution in [0.2, 0.25) is 0 Å². The molecule has 0 saturated carbocycles. The number of hydrogen-bond acceptors (Lipinski definition) is 5. The van der Waals surface area contributed by atoms with Crippen molar-refractivity contribution < 1.29 is 4.79 Å². The number of amides is 1. The minimum atomic E-state index is -0.200. The molecule has 3 rings (SSSR count). The van der Waals surface area contributed by atoms with Gasteiger partial charge in [-0.05, 0) is 57.5 Å². The molecule has 0 bridgehead atoms. The van der Waals surface area contributed by atoms with Gasteiger partial charge in [-0.1, -0.05) is 0 Å². The summed E-state index contributed by atoms with van der Waals surface area (Å²) in [5.74, 6) is 1.79. The van der Waals surface area contributed by atoms with E-state index in [1.165, 1.54) is 18.5 Å². The van der Waals surface area contributed by atoms with Gasteiger partial charge in [0, 0.05) is 45.0 Å². The molecule has 2 saturated heterocycles. The molecule has 1 aromatic heterocycles. The molecule has 7 nitrogen and oxygen atoms in total. The number of piperidine rings is 2. The Morgan fingerprint density at radius 3 is 2.69 bits per heavy atom. The van der Waals surface area contributed by atoms with Crippen LogP contribution in [-0.2, 0) is 11.3 Å². The number of carbonyl (C=O) groups excluding carboxylic acids is 1. The number of likely N-dealkylation sites (tertiary alicyclic amines) is 2. The zero-order chi connectivity index (χ0) is 19.9. The summed E-state index contributed by atoms with van der Waals surface area (Å²) in [6, 6.07) is 0. The van der Waals surface area contributed by atoms with Gasteiger partial charge in [0.2, 0.25) is 5.91 Å². The predicted molar refractivity (Wildman–Crippen MR) is 130 cm³/mol. The number of aryl methyl sites for hydroxylation is 1. The second-order valence-electron chi connectivity index (χ2n) is 8.13. The zero-order valence-corrected chi connectivity index (χ0v) is 20.7. The molecule has 3 heterocycles. The standard InChI is InChI=1S/C20H34N6OS.HI/c1-15-24-18(14-28-15)13-25-8-5-16(6-9-25)11-23-20(22-2)26-7-3-4-17(12-26)10-19(21)27;/h14,16-17H,3-13H2,1-2H3,(H2,21,27)(H,22,23);1H. The summed E-state index contributed by atoms with van der Waals surface area (Å²) >= 11 is 1.73. The first-order valence-electron chi connectivity index (χ1n) is 10.4. The number of hydrogen-bond donors (Lipinski definition) is 2. The summed E-state index contributed by atoms with van der Waals surface area (Å²) in [6.07, 6.45) is 5.06. The minimum absolute atomic E-state index is 0. The van der Waals surface area contributed by atoms with Crippen LogP contribution in [0.25, 0.3) is 0 Å². The number of nitrogens with zero attached hydrogens (tertiary/aromatic N) is 4. The highest BCUT2D eigenvalue weighted by molar-refractivity contribution is 14.0. The summed E-state index contributed by atoms with van der Waals surface area (Å²) in [7, 11) is 1.85. The Hall–Kier alpha value is -0.940.